The molecule has 0 aromatic carbocycles. The lowest BCUT2D eigenvalue weighted by atomic mass is 10.7. The van der Waals surface area contributed by atoms with Crippen LogP contribution in [-0.4, -0.2) is 35.4 Å². The van der Waals surface area contributed by atoms with Crippen molar-refractivity contribution in [2.24, 2.45) is 0 Å². The Hall–Kier alpha value is -0.590. The van der Waals surface area contributed by atoms with Gasteiger partial charge in [0.1, 0.15) is 9.23 Å². The zero-order chi connectivity index (χ0) is 15.6. The van der Waals surface area contributed by atoms with Crippen LogP contribution in [0.4, 0.5) is 5.13 Å². The Kier molecular flexibility index (Phi) is 5.33. The molecule has 13 heteroatoms. The van der Waals surface area contributed by atoms with Crippen molar-refractivity contribution < 1.29 is 18.3 Å². The first-order valence-electron chi connectivity index (χ1n) is 4.93. The Labute approximate surface area is 141 Å². The largest absolute Gasteiger partial charge is 0.481 e. The highest BCUT2D eigenvalue weighted by atomic mass is 35.5. The number of carboxylic acids is 1. The molecule has 0 unspecified atom stereocenters. The topological polar surface area (TPSA) is 109 Å². The predicted octanol–water partition coefficient (Wildman–Crippen LogP) is 2.88. The van der Waals surface area contributed by atoms with Gasteiger partial charge in [-0.1, -0.05) is 46.3 Å². The Bertz CT molecular complexity index is 772. The Morgan fingerprint density at radius 3 is 2.67 bits per heavy atom. The molecule has 114 valence electrons. The molecule has 2 aromatic rings. The summed E-state index contributed by atoms with van der Waals surface area (Å²) in [7, 11) is -3.91. The molecule has 0 amide bonds. The van der Waals surface area contributed by atoms with E-state index in [0.717, 1.165) is 34.4 Å². The predicted molar refractivity (Wildman–Crippen MR) is 83.4 cm³/mol. The van der Waals surface area contributed by atoms with E-state index in [1.807, 2.05) is 0 Å². The number of nitrogens with zero attached hydrogens (tertiary/aromatic N) is 2. The van der Waals surface area contributed by atoms with Crippen molar-refractivity contribution >= 4 is 78.8 Å². The van der Waals surface area contributed by atoms with Gasteiger partial charge in [0.2, 0.25) is 5.13 Å². The lowest BCUT2D eigenvalue weighted by Gasteiger charge is -2.02. The van der Waals surface area contributed by atoms with E-state index in [0.29, 0.717) is 4.34 Å². The quantitative estimate of drug-likeness (QED) is 0.710. The number of carbonyl (C=O) groups is 1. The van der Waals surface area contributed by atoms with Gasteiger partial charge < -0.3 is 5.11 Å². The summed E-state index contributed by atoms with van der Waals surface area (Å²) in [6.45, 7) is 0. The fourth-order valence-electron chi connectivity index (χ4n) is 1.11. The van der Waals surface area contributed by atoms with E-state index in [9.17, 15) is 13.2 Å². The fraction of sp³-hybridized carbons (Fsp3) is 0.125. The molecule has 2 heterocycles. The van der Waals surface area contributed by atoms with Crippen molar-refractivity contribution in [1.29, 1.82) is 0 Å². The van der Waals surface area contributed by atoms with Crippen LogP contribution in [0.3, 0.4) is 0 Å². The van der Waals surface area contributed by atoms with Gasteiger partial charge in [0.25, 0.3) is 10.0 Å². The van der Waals surface area contributed by atoms with Crippen LogP contribution in [0.25, 0.3) is 0 Å². The normalized spacial score (nSPS) is 11.5. The molecule has 0 saturated heterocycles. The lowest BCUT2D eigenvalue weighted by Crippen LogP contribution is -2.12. The van der Waals surface area contributed by atoms with E-state index in [1.165, 1.54) is 6.07 Å². The summed E-state index contributed by atoms with van der Waals surface area (Å²) in [4.78, 5) is 10.3. The van der Waals surface area contributed by atoms with Gasteiger partial charge in [0, 0.05) is 0 Å². The number of thioether (sulfide) groups is 1. The van der Waals surface area contributed by atoms with Gasteiger partial charge in [-0.2, -0.15) is 0 Å². The van der Waals surface area contributed by atoms with Crippen LogP contribution in [0.5, 0.6) is 0 Å². The van der Waals surface area contributed by atoms with Gasteiger partial charge in [-0.05, 0) is 6.07 Å². The van der Waals surface area contributed by atoms with Gasteiger partial charge in [-0.15, -0.1) is 21.5 Å². The lowest BCUT2D eigenvalue weighted by molar-refractivity contribution is -0.133. The second-order valence-corrected chi connectivity index (χ2v) is 9.49. The molecular formula is C8H5Cl2N3O4S4. The van der Waals surface area contributed by atoms with Gasteiger partial charge in [0.15, 0.2) is 4.34 Å². The number of halogens is 2. The van der Waals surface area contributed by atoms with Crippen molar-refractivity contribution in [2.75, 3.05) is 10.5 Å². The van der Waals surface area contributed by atoms with E-state index >= 15 is 0 Å². The molecule has 0 radical (unpaired) electrons. The average Bonchev–Trinajstić information content (AvgIpc) is 2.93. The van der Waals surface area contributed by atoms with E-state index in [1.54, 1.807) is 0 Å². The summed E-state index contributed by atoms with van der Waals surface area (Å²) in [6.07, 6.45) is 0. The highest BCUT2D eigenvalue weighted by Gasteiger charge is 2.22. The summed E-state index contributed by atoms with van der Waals surface area (Å²) in [5.41, 5.74) is 0. The maximum atomic E-state index is 12.1. The fourth-order valence-corrected chi connectivity index (χ4v) is 5.96. The minimum absolute atomic E-state index is 0.0151. The molecule has 0 aliphatic rings. The monoisotopic (exact) mass is 405 g/mol. The van der Waals surface area contributed by atoms with Gasteiger partial charge in [-0.25, -0.2) is 8.42 Å². The molecule has 21 heavy (non-hydrogen) atoms. The zero-order valence-electron chi connectivity index (χ0n) is 9.74. The maximum absolute atomic E-state index is 12.1. The van der Waals surface area contributed by atoms with Crippen LogP contribution < -0.4 is 4.72 Å². The average molecular weight is 406 g/mol. The third-order valence-corrected chi connectivity index (χ3v) is 7.04. The molecule has 0 fully saturated rings. The van der Waals surface area contributed by atoms with Crippen molar-refractivity contribution in [3.05, 3.63) is 14.7 Å². The van der Waals surface area contributed by atoms with Crippen LogP contribution in [0, 0.1) is 0 Å². The molecule has 7 nitrogen and oxygen atoms in total. The maximum Gasteiger partial charge on any atom is 0.313 e. The zero-order valence-corrected chi connectivity index (χ0v) is 14.5. The molecular weight excluding hydrogens is 401 g/mol. The molecule has 0 aliphatic heterocycles. The Morgan fingerprint density at radius 2 is 2.10 bits per heavy atom. The van der Waals surface area contributed by atoms with E-state index < -0.39 is 16.0 Å². The van der Waals surface area contributed by atoms with Crippen molar-refractivity contribution in [2.45, 2.75) is 9.24 Å². The number of sulfonamides is 1. The number of hydrogen-bond acceptors (Lipinski definition) is 8. The summed E-state index contributed by atoms with van der Waals surface area (Å²) in [5.74, 6) is -1.19. The van der Waals surface area contributed by atoms with Crippen LogP contribution in [0.15, 0.2) is 15.3 Å². The molecule has 0 atom stereocenters. The summed E-state index contributed by atoms with van der Waals surface area (Å²) >= 11 is 14.3. The van der Waals surface area contributed by atoms with Crippen LogP contribution in [0.1, 0.15) is 0 Å². The molecule has 0 aliphatic carbocycles. The molecule has 0 saturated carbocycles. The minimum atomic E-state index is -3.91. The van der Waals surface area contributed by atoms with Crippen molar-refractivity contribution in [3.63, 3.8) is 0 Å². The minimum Gasteiger partial charge on any atom is -0.481 e. The van der Waals surface area contributed by atoms with Gasteiger partial charge >= 0.3 is 5.97 Å². The molecule has 0 spiro atoms. The number of thiophene rings is 1. The second kappa shape index (κ2) is 6.67. The van der Waals surface area contributed by atoms with Crippen LogP contribution >= 0.6 is 57.6 Å². The smallest absolute Gasteiger partial charge is 0.313 e. The number of aliphatic carboxylic acids is 1. The van der Waals surface area contributed by atoms with Crippen LogP contribution in [0.2, 0.25) is 8.67 Å². The highest BCUT2D eigenvalue weighted by molar-refractivity contribution is 8.01. The second-order valence-electron chi connectivity index (χ2n) is 3.35. The summed E-state index contributed by atoms with van der Waals surface area (Å²) in [5, 5.41) is 15.9. The van der Waals surface area contributed by atoms with Crippen LogP contribution in [-0.2, 0) is 14.8 Å². The van der Waals surface area contributed by atoms with Gasteiger partial charge in [0.05, 0.1) is 10.1 Å². The standard InChI is InChI=1S/C8H5Cl2N3O4S4/c9-4-1-3(6(10)19-4)21(16,17)13-7-11-12-8(20-7)18-2-5(14)15/h1H,2H2,(H,11,13)(H,14,15). The number of carboxylic acid groups (broad SMARTS) is 1. The summed E-state index contributed by atoms with van der Waals surface area (Å²) in [6, 6.07) is 1.23. The molecule has 2 rings (SSSR count). The first-order chi connectivity index (χ1) is 9.78. The first-order valence-corrected chi connectivity index (χ1v) is 9.79. The molecule has 0 bridgehead atoms. The molecule has 2 aromatic heterocycles. The highest BCUT2D eigenvalue weighted by Crippen LogP contribution is 2.35. The number of nitrogens with one attached hydrogen (secondary N) is 1. The number of aromatic nitrogens is 2. The van der Waals surface area contributed by atoms with E-state index in [4.69, 9.17) is 28.3 Å². The summed E-state index contributed by atoms with van der Waals surface area (Å²) < 4.78 is 27.0. The van der Waals surface area contributed by atoms with Crippen molar-refractivity contribution in [3.8, 4) is 0 Å². The Morgan fingerprint density at radius 1 is 1.38 bits per heavy atom. The van der Waals surface area contributed by atoms with E-state index in [2.05, 4.69) is 14.9 Å². The Balaban J connectivity index is 2.14. The third kappa shape index (κ3) is 4.44. The number of hydrogen-bond donors (Lipinski definition) is 2. The SMILES string of the molecule is O=C(O)CSc1nnc(NS(=O)(=O)c2cc(Cl)sc2Cl)s1. The first kappa shape index (κ1) is 16.8. The third-order valence-electron chi connectivity index (χ3n) is 1.86. The molecule has 2 N–H and O–H groups in total. The van der Waals surface area contributed by atoms with Gasteiger partial charge in [-0.3, -0.25) is 9.52 Å². The van der Waals surface area contributed by atoms with Crippen molar-refractivity contribution in [1.82, 2.24) is 10.2 Å². The number of anilines is 1. The number of rotatable bonds is 6. The van der Waals surface area contributed by atoms with E-state index in [-0.39, 0.29) is 24.5 Å².